The van der Waals surface area contributed by atoms with Crippen LogP contribution in [0.25, 0.3) is 0 Å². The first-order valence-corrected chi connectivity index (χ1v) is 5.64. The van der Waals surface area contributed by atoms with E-state index in [9.17, 15) is 5.11 Å². The Hall–Kier alpha value is -1.66. The van der Waals surface area contributed by atoms with Crippen molar-refractivity contribution in [3.63, 3.8) is 0 Å². The van der Waals surface area contributed by atoms with Crippen LogP contribution in [0.4, 0.5) is 5.95 Å². The summed E-state index contributed by atoms with van der Waals surface area (Å²) in [6.45, 7) is -0.103. The Morgan fingerprint density at radius 3 is 2.88 bits per heavy atom. The number of para-hydroxylation sites is 1. The molecule has 0 spiro atoms. The van der Waals surface area contributed by atoms with Gasteiger partial charge in [0.25, 0.3) is 0 Å². The normalized spacial score (nSPS) is 10.2. The molecule has 2 rings (SSSR count). The monoisotopic (exact) mass is 295 g/mol. The molecule has 1 aromatic heterocycles. The average molecular weight is 296 g/mol. The van der Waals surface area contributed by atoms with Crippen LogP contribution in [0.3, 0.4) is 0 Å². The Balaban J connectivity index is 2.34. The Bertz CT molecular complexity index is 534. The van der Waals surface area contributed by atoms with Gasteiger partial charge in [0, 0.05) is 5.56 Å². The SMILES string of the molecule is Nc1ncc(Br)c(Oc2ccccc2CO)n1. The van der Waals surface area contributed by atoms with Crippen LogP contribution in [0, 0.1) is 0 Å². The third kappa shape index (κ3) is 2.72. The molecule has 0 aliphatic heterocycles. The standard InChI is InChI=1S/C11H10BrN3O2/c12-8-5-14-11(13)15-10(8)17-9-4-2-1-3-7(9)6-16/h1-5,16H,6H2,(H2,13,14,15). The highest BCUT2D eigenvalue weighted by Gasteiger charge is 2.08. The number of halogens is 1. The molecule has 0 bridgehead atoms. The van der Waals surface area contributed by atoms with Crippen molar-refractivity contribution in [1.29, 1.82) is 0 Å². The van der Waals surface area contributed by atoms with E-state index in [0.29, 0.717) is 21.7 Å². The zero-order valence-electron chi connectivity index (χ0n) is 8.80. The van der Waals surface area contributed by atoms with Crippen LogP contribution in [0.5, 0.6) is 11.6 Å². The molecule has 5 nitrogen and oxygen atoms in total. The maximum absolute atomic E-state index is 9.17. The minimum atomic E-state index is -0.103. The second kappa shape index (κ2) is 5.11. The molecule has 0 saturated heterocycles. The van der Waals surface area contributed by atoms with E-state index < -0.39 is 0 Å². The zero-order chi connectivity index (χ0) is 12.3. The second-order valence-electron chi connectivity index (χ2n) is 3.25. The first-order chi connectivity index (χ1) is 8.20. The minimum absolute atomic E-state index is 0.103. The molecule has 6 heteroatoms. The van der Waals surface area contributed by atoms with Gasteiger partial charge in [-0.15, -0.1) is 0 Å². The maximum Gasteiger partial charge on any atom is 0.238 e. The van der Waals surface area contributed by atoms with Gasteiger partial charge in [0.2, 0.25) is 11.8 Å². The summed E-state index contributed by atoms with van der Waals surface area (Å²) < 4.78 is 6.17. The van der Waals surface area contributed by atoms with Crippen LogP contribution in [0.2, 0.25) is 0 Å². The smallest absolute Gasteiger partial charge is 0.238 e. The summed E-state index contributed by atoms with van der Waals surface area (Å²) in [6, 6.07) is 7.15. The molecular formula is C11H10BrN3O2. The van der Waals surface area contributed by atoms with Crippen LogP contribution in [0.1, 0.15) is 5.56 Å². The molecule has 3 N–H and O–H groups in total. The van der Waals surface area contributed by atoms with Gasteiger partial charge in [0.1, 0.15) is 5.75 Å². The lowest BCUT2D eigenvalue weighted by Gasteiger charge is -2.09. The van der Waals surface area contributed by atoms with Gasteiger partial charge >= 0.3 is 0 Å². The molecule has 0 saturated carbocycles. The van der Waals surface area contributed by atoms with E-state index in [1.165, 1.54) is 6.20 Å². The van der Waals surface area contributed by atoms with E-state index in [1.54, 1.807) is 12.1 Å². The summed E-state index contributed by atoms with van der Waals surface area (Å²) >= 11 is 3.27. The Labute approximate surface area is 106 Å². The van der Waals surface area contributed by atoms with Crippen LogP contribution in [-0.2, 0) is 6.61 Å². The summed E-state index contributed by atoms with van der Waals surface area (Å²) in [5.74, 6) is 0.983. The molecule has 0 fully saturated rings. The van der Waals surface area contributed by atoms with Crippen molar-refractivity contribution in [2.75, 3.05) is 5.73 Å². The number of nitrogens with zero attached hydrogens (tertiary/aromatic N) is 2. The van der Waals surface area contributed by atoms with Crippen molar-refractivity contribution in [3.8, 4) is 11.6 Å². The van der Waals surface area contributed by atoms with Crippen LogP contribution in [-0.4, -0.2) is 15.1 Å². The number of aromatic nitrogens is 2. The minimum Gasteiger partial charge on any atom is -0.437 e. The second-order valence-corrected chi connectivity index (χ2v) is 4.10. The summed E-state index contributed by atoms with van der Waals surface area (Å²) in [6.07, 6.45) is 1.51. The quantitative estimate of drug-likeness (QED) is 0.906. The predicted molar refractivity (Wildman–Crippen MR) is 66.6 cm³/mol. The predicted octanol–water partition coefficient (Wildman–Crippen LogP) is 2.11. The number of benzene rings is 1. The van der Waals surface area contributed by atoms with E-state index in [2.05, 4.69) is 25.9 Å². The lowest BCUT2D eigenvalue weighted by atomic mass is 10.2. The van der Waals surface area contributed by atoms with Crippen molar-refractivity contribution in [3.05, 3.63) is 40.5 Å². The third-order valence-corrected chi connectivity index (χ3v) is 2.62. The number of aliphatic hydroxyl groups is 1. The van der Waals surface area contributed by atoms with Crippen molar-refractivity contribution in [1.82, 2.24) is 9.97 Å². The molecule has 1 heterocycles. The molecule has 1 aromatic carbocycles. The van der Waals surface area contributed by atoms with Crippen molar-refractivity contribution < 1.29 is 9.84 Å². The Kier molecular flexibility index (Phi) is 3.55. The number of aliphatic hydroxyl groups excluding tert-OH is 1. The van der Waals surface area contributed by atoms with Gasteiger partial charge in [-0.25, -0.2) is 4.98 Å². The first-order valence-electron chi connectivity index (χ1n) is 4.85. The molecule has 88 valence electrons. The number of nitrogen functional groups attached to an aromatic ring is 1. The van der Waals surface area contributed by atoms with Crippen molar-refractivity contribution in [2.45, 2.75) is 6.61 Å². The number of hydrogen-bond acceptors (Lipinski definition) is 5. The van der Waals surface area contributed by atoms with Crippen molar-refractivity contribution in [2.24, 2.45) is 0 Å². The number of rotatable bonds is 3. The van der Waals surface area contributed by atoms with Crippen LogP contribution in [0.15, 0.2) is 34.9 Å². The number of nitrogens with two attached hydrogens (primary N) is 1. The molecule has 0 amide bonds. The molecule has 0 unspecified atom stereocenters. The molecule has 0 aliphatic carbocycles. The van der Waals surface area contributed by atoms with E-state index >= 15 is 0 Å². The largest absolute Gasteiger partial charge is 0.437 e. The number of ether oxygens (including phenoxy) is 1. The lowest BCUT2D eigenvalue weighted by Crippen LogP contribution is -1.99. The fraction of sp³-hybridized carbons (Fsp3) is 0.0909. The summed E-state index contributed by atoms with van der Waals surface area (Å²) in [7, 11) is 0. The van der Waals surface area contributed by atoms with Gasteiger partial charge in [0.05, 0.1) is 17.3 Å². The number of anilines is 1. The van der Waals surface area contributed by atoms with E-state index in [1.807, 2.05) is 12.1 Å². The summed E-state index contributed by atoms with van der Waals surface area (Å²) in [5.41, 5.74) is 6.16. The molecule has 2 aromatic rings. The summed E-state index contributed by atoms with van der Waals surface area (Å²) in [5, 5.41) is 9.17. The fourth-order valence-corrected chi connectivity index (χ4v) is 1.55. The van der Waals surface area contributed by atoms with Gasteiger partial charge in [-0.1, -0.05) is 18.2 Å². The van der Waals surface area contributed by atoms with Gasteiger partial charge in [0.15, 0.2) is 0 Å². The van der Waals surface area contributed by atoms with Gasteiger partial charge < -0.3 is 15.6 Å². The summed E-state index contributed by atoms with van der Waals surface area (Å²) in [4.78, 5) is 7.77. The van der Waals surface area contributed by atoms with Gasteiger partial charge in [-0.05, 0) is 22.0 Å². The average Bonchev–Trinajstić information content (AvgIpc) is 2.34. The Morgan fingerprint density at radius 2 is 2.12 bits per heavy atom. The molecule has 0 atom stereocenters. The molecular weight excluding hydrogens is 286 g/mol. The Morgan fingerprint density at radius 1 is 1.35 bits per heavy atom. The highest BCUT2D eigenvalue weighted by Crippen LogP contribution is 2.29. The highest BCUT2D eigenvalue weighted by atomic mass is 79.9. The van der Waals surface area contributed by atoms with Gasteiger partial charge in [-0.2, -0.15) is 4.98 Å². The third-order valence-electron chi connectivity index (χ3n) is 2.08. The topological polar surface area (TPSA) is 81.3 Å². The molecule has 0 radical (unpaired) electrons. The fourth-order valence-electron chi connectivity index (χ4n) is 1.27. The highest BCUT2D eigenvalue weighted by molar-refractivity contribution is 9.10. The molecule has 17 heavy (non-hydrogen) atoms. The zero-order valence-corrected chi connectivity index (χ0v) is 10.4. The van der Waals surface area contributed by atoms with Crippen molar-refractivity contribution >= 4 is 21.9 Å². The van der Waals surface area contributed by atoms with E-state index in [4.69, 9.17) is 10.5 Å². The lowest BCUT2D eigenvalue weighted by molar-refractivity contribution is 0.276. The van der Waals surface area contributed by atoms with E-state index in [-0.39, 0.29) is 12.6 Å². The maximum atomic E-state index is 9.17. The van der Waals surface area contributed by atoms with E-state index in [0.717, 1.165) is 0 Å². The number of hydrogen-bond donors (Lipinski definition) is 2. The molecule has 0 aliphatic rings. The first kappa shape index (κ1) is 11.8. The van der Waals surface area contributed by atoms with Gasteiger partial charge in [-0.3, -0.25) is 0 Å². The van der Waals surface area contributed by atoms with Crippen LogP contribution < -0.4 is 10.5 Å². The van der Waals surface area contributed by atoms with Crippen LogP contribution >= 0.6 is 15.9 Å².